The highest BCUT2D eigenvalue weighted by Gasteiger charge is 2.15. The number of hydrogen-bond acceptors (Lipinski definition) is 5. The SMILES string of the molecule is COc1cccc(C(=O)Nc2cc3cc(OC4CCNCC4)ccc3cn2)c1. The number of anilines is 1. The lowest BCUT2D eigenvalue weighted by atomic mass is 10.1. The number of carbonyl (C=O) groups is 1. The van der Waals surface area contributed by atoms with Gasteiger partial charge < -0.3 is 20.1 Å². The van der Waals surface area contributed by atoms with Crippen LogP contribution in [-0.2, 0) is 0 Å². The lowest BCUT2D eigenvalue weighted by molar-refractivity contribution is 0.102. The Labute approximate surface area is 163 Å². The molecule has 2 aromatic carbocycles. The van der Waals surface area contributed by atoms with Crippen LogP contribution in [0.15, 0.2) is 54.7 Å². The molecule has 2 N–H and O–H groups in total. The van der Waals surface area contributed by atoms with Crippen LogP contribution in [0.25, 0.3) is 10.8 Å². The number of rotatable bonds is 5. The zero-order chi connectivity index (χ0) is 19.3. The number of hydrogen-bond donors (Lipinski definition) is 2. The van der Waals surface area contributed by atoms with Crippen molar-refractivity contribution in [1.82, 2.24) is 10.3 Å². The van der Waals surface area contributed by atoms with Gasteiger partial charge in [0.2, 0.25) is 0 Å². The van der Waals surface area contributed by atoms with Crippen LogP contribution in [0.1, 0.15) is 23.2 Å². The summed E-state index contributed by atoms with van der Waals surface area (Å²) in [6, 6.07) is 14.8. The van der Waals surface area contributed by atoms with E-state index in [0.717, 1.165) is 42.5 Å². The first-order valence-electron chi connectivity index (χ1n) is 9.44. The number of carbonyl (C=O) groups excluding carboxylic acids is 1. The Morgan fingerprint density at radius 3 is 2.75 bits per heavy atom. The van der Waals surface area contributed by atoms with E-state index in [1.807, 2.05) is 24.3 Å². The van der Waals surface area contributed by atoms with Crippen molar-refractivity contribution in [2.24, 2.45) is 0 Å². The molecule has 0 saturated carbocycles. The lowest BCUT2D eigenvalue weighted by Crippen LogP contribution is -2.34. The molecule has 1 aromatic heterocycles. The average molecular weight is 377 g/mol. The summed E-state index contributed by atoms with van der Waals surface area (Å²) in [6.45, 7) is 1.98. The number of nitrogens with zero attached hydrogens (tertiary/aromatic N) is 1. The van der Waals surface area contributed by atoms with Gasteiger partial charge in [-0.25, -0.2) is 4.98 Å². The van der Waals surface area contributed by atoms with Crippen LogP contribution < -0.4 is 20.1 Å². The van der Waals surface area contributed by atoms with Gasteiger partial charge in [-0.3, -0.25) is 4.79 Å². The minimum atomic E-state index is -0.229. The molecule has 4 rings (SSSR count). The van der Waals surface area contributed by atoms with Gasteiger partial charge in [0.05, 0.1) is 7.11 Å². The van der Waals surface area contributed by atoms with Gasteiger partial charge in [-0.1, -0.05) is 6.07 Å². The number of piperidine rings is 1. The fraction of sp³-hybridized carbons (Fsp3) is 0.273. The van der Waals surface area contributed by atoms with Crippen molar-refractivity contribution in [3.63, 3.8) is 0 Å². The maximum Gasteiger partial charge on any atom is 0.256 e. The zero-order valence-corrected chi connectivity index (χ0v) is 15.8. The quantitative estimate of drug-likeness (QED) is 0.710. The monoisotopic (exact) mass is 377 g/mol. The molecular formula is C22H23N3O3. The molecule has 2 heterocycles. The number of benzene rings is 2. The van der Waals surface area contributed by atoms with Gasteiger partial charge in [0.15, 0.2) is 0 Å². The van der Waals surface area contributed by atoms with E-state index in [-0.39, 0.29) is 12.0 Å². The third kappa shape index (κ3) is 4.23. The molecule has 1 aliphatic rings. The molecule has 28 heavy (non-hydrogen) atoms. The molecule has 6 heteroatoms. The smallest absolute Gasteiger partial charge is 0.256 e. The third-order valence-electron chi connectivity index (χ3n) is 4.86. The molecule has 0 spiro atoms. The number of amides is 1. The minimum Gasteiger partial charge on any atom is -0.497 e. The standard InChI is InChI=1S/C22H23N3O3/c1-27-19-4-2-3-15(11-19)22(26)25-21-13-17-12-20(6-5-16(17)14-24-21)28-18-7-9-23-10-8-18/h2-6,11-14,18,23H,7-10H2,1H3,(H,24,25,26). The van der Waals surface area contributed by atoms with E-state index in [0.29, 0.717) is 17.1 Å². The van der Waals surface area contributed by atoms with E-state index in [9.17, 15) is 4.79 Å². The Morgan fingerprint density at radius 2 is 1.93 bits per heavy atom. The maximum atomic E-state index is 12.5. The van der Waals surface area contributed by atoms with Crippen molar-refractivity contribution in [1.29, 1.82) is 0 Å². The molecule has 1 aliphatic heterocycles. The van der Waals surface area contributed by atoms with E-state index in [4.69, 9.17) is 9.47 Å². The topological polar surface area (TPSA) is 72.5 Å². The van der Waals surface area contributed by atoms with Crippen molar-refractivity contribution in [3.05, 3.63) is 60.3 Å². The molecular weight excluding hydrogens is 354 g/mol. The summed E-state index contributed by atoms with van der Waals surface area (Å²) in [4.78, 5) is 16.9. The number of fused-ring (bicyclic) bond motifs is 1. The first-order chi connectivity index (χ1) is 13.7. The highest BCUT2D eigenvalue weighted by molar-refractivity contribution is 6.04. The van der Waals surface area contributed by atoms with Crippen molar-refractivity contribution in [2.75, 3.05) is 25.5 Å². The van der Waals surface area contributed by atoms with Gasteiger partial charge >= 0.3 is 0 Å². The molecule has 144 valence electrons. The number of aromatic nitrogens is 1. The Hall–Kier alpha value is -3.12. The van der Waals surface area contributed by atoms with Crippen LogP contribution >= 0.6 is 0 Å². The number of nitrogens with one attached hydrogen (secondary N) is 2. The van der Waals surface area contributed by atoms with Crippen molar-refractivity contribution in [2.45, 2.75) is 18.9 Å². The molecule has 3 aromatic rings. The summed E-state index contributed by atoms with van der Waals surface area (Å²) in [5.41, 5.74) is 0.518. The average Bonchev–Trinajstić information content (AvgIpc) is 2.74. The molecule has 0 aliphatic carbocycles. The normalized spacial score (nSPS) is 14.6. The second-order valence-electron chi connectivity index (χ2n) is 6.83. The Kier molecular flexibility index (Phi) is 5.39. The number of methoxy groups -OCH3 is 1. The molecule has 0 atom stereocenters. The highest BCUT2D eigenvalue weighted by atomic mass is 16.5. The van der Waals surface area contributed by atoms with Crippen molar-refractivity contribution >= 4 is 22.5 Å². The zero-order valence-electron chi connectivity index (χ0n) is 15.8. The van der Waals surface area contributed by atoms with Crippen LogP contribution in [0.4, 0.5) is 5.82 Å². The predicted molar refractivity (Wildman–Crippen MR) is 109 cm³/mol. The molecule has 1 saturated heterocycles. The summed E-state index contributed by atoms with van der Waals surface area (Å²) in [7, 11) is 1.57. The maximum absolute atomic E-state index is 12.5. The Bertz CT molecular complexity index is 984. The molecule has 0 unspecified atom stereocenters. The number of ether oxygens (including phenoxy) is 2. The molecule has 0 radical (unpaired) electrons. The van der Waals surface area contributed by atoms with Crippen LogP contribution in [0, 0.1) is 0 Å². The summed E-state index contributed by atoms with van der Waals surface area (Å²) in [5.74, 6) is 1.75. The van der Waals surface area contributed by atoms with Crippen molar-refractivity contribution in [3.8, 4) is 11.5 Å². The van der Waals surface area contributed by atoms with Gasteiger partial charge in [0.1, 0.15) is 23.4 Å². The number of pyridine rings is 1. The van der Waals surface area contributed by atoms with Crippen LogP contribution in [-0.4, -0.2) is 37.2 Å². The lowest BCUT2D eigenvalue weighted by Gasteiger charge is -2.24. The first-order valence-corrected chi connectivity index (χ1v) is 9.44. The van der Waals surface area contributed by atoms with Gasteiger partial charge in [-0.15, -0.1) is 0 Å². The van der Waals surface area contributed by atoms with E-state index < -0.39 is 0 Å². The van der Waals surface area contributed by atoms with Crippen LogP contribution in [0.3, 0.4) is 0 Å². The fourth-order valence-electron chi connectivity index (χ4n) is 3.32. The Balaban J connectivity index is 1.51. The van der Waals surface area contributed by atoms with E-state index in [2.05, 4.69) is 15.6 Å². The van der Waals surface area contributed by atoms with E-state index in [1.165, 1.54) is 0 Å². The van der Waals surface area contributed by atoms with E-state index in [1.54, 1.807) is 37.6 Å². The predicted octanol–water partition coefficient (Wildman–Crippen LogP) is 3.63. The van der Waals surface area contributed by atoms with Crippen LogP contribution in [0.2, 0.25) is 0 Å². The fourth-order valence-corrected chi connectivity index (χ4v) is 3.32. The van der Waals surface area contributed by atoms with Gasteiger partial charge in [0.25, 0.3) is 5.91 Å². The summed E-state index contributed by atoms with van der Waals surface area (Å²) >= 11 is 0. The largest absolute Gasteiger partial charge is 0.497 e. The first kappa shape index (κ1) is 18.3. The van der Waals surface area contributed by atoms with E-state index >= 15 is 0 Å². The summed E-state index contributed by atoms with van der Waals surface area (Å²) in [6.07, 6.45) is 4.02. The molecule has 1 amide bonds. The van der Waals surface area contributed by atoms with Gasteiger partial charge in [-0.2, -0.15) is 0 Å². The summed E-state index contributed by atoms with van der Waals surface area (Å²) < 4.78 is 11.3. The van der Waals surface area contributed by atoms with Crippen molar-refractivity contribution < 1.29 is 14.3 Å². The van der Waals surface area contributed by atoms with Gasteiger partial charge in [0, 0.05) is 17.1 Å². The van der Waals surface area contributed by atoms with Gasteiger partial charge in [-0.05, 0) is 73.8 Å². The minimum absolute atomic E-state index is 0.229. The third-order valence-corrected chi connectivity index (χ3v) is 4.86. The molecule has 6 nitrogen and oxygen atoms in total. The molecule has 1 fully saturated rings. The molecule has 0 bridgehead atoms. The summed E-state index contributed by atoms with van der Waals surface area (Å²) in [5, 5.41) is 8.16. The Morgan fingerprint density at radius 1 is 1.07 bits per heavy atom. The highest BCUT2D eigenvalue weighted by Crippen LogP contribution is 2.25. The second-order valence-corrected chi connectivity index (χ2v) is 6.83. The van der Waals surface area contributed by atoms with Crippen LogP contribution in [0.5, 0.6) is 11.5 Å². The second kappa shape index (κ2) is 8.27.